The molecular formula is C16H26N2O2. The van der Waals surface area contributed by atoms with Crippen LogP contribution in [-0.4, -0.2) is 19.1 Å². The minimum Gasteiger partial charge on any atom is -0.491 e. The van der Waals surface area contributed by atoms with Crippen LogP contribution in [0.3, 0.4) is 0 Å². The van der Waals surface area contributed by atoms with E-state index in [1.807, 2.05) is 24.3 Å². The molecule has 0 aliphatic heterocycles. The van der Waals surface area contributed by atoms with Gasteiger partial charge in [0, 0.05) is 6.92 Å². The summed E-state index contributed by atoms with van der Waals surface area (Å²) in [5.74, 6) is 0.631. The van der Waals surface area contributed by atoms with Crippen LogP contribution >= 0.6 is 0 Å². The number of benzene rings is 1. The molecule has 0 fully saturated rings. The molecule has 1 aromatic carbocycles. The summed E-state index contributed by atoms with van der Waals surface area (Å²) in [5.41, 5.74) is 6.63. The predicted octanol–water partition coefficient (Wildman–Crippen LogP) is 3.18. The Hall–Kier alpha value is -1.55. The summed E-state index contributed by atoms with van der Waals surface area (Å²) in [6.45, 7) is 7.21. The molecule has 0 aromatic heterocycles. The normalized spacial score (nSPS) is 11.2. The molecule has 0 aliphatic carbocycles. The average Bonchev–Trinajstić information content (AvgIpc) is 2.39. The van der Waals surface area contributed by atoms with Crippen molar-refractivity contribution >= 4 is 11.6 Å². The molecule has 0 radical (unpaired) electrons. The summed E-state index contributed by atoms with van der Waals surface area (Å²) in [6.07, 6.45) is 3.17. The van der Waals surface area contributed by atoms with Gasteiger partial charge < -0.3 is 15.8 Å². The highest BCUT2D eigenvalue weighted by atomic mass is 16.5. The molecule has 0 spiro atoms. The second-order valence-corrected chi connectivity index (χ2v) is 5.85. The van der Waals surface area contributed by atoms with Crippen LogP contribution < -0.4 is 15.8 Å². The van der Waals surface area contributed by atoms with Crippen molar-refractivity contribution in [1.29, 1.82) is 0 Å². The maximum absolute atomic E-state index is 11.1. The van der Waals surface area contributed by atoms with Gasteiger partial charge in [-0.15, -0.1) is 0 Å². The first-order chi connectivity index (χ1) is 9.44. The number of nitrogens with one attached hydrogen (secondary N) is 1. The van der Waals surface area contributed by atoms with Crippen molar-refractivity contribution < 1.29 is 9.53 Å². The molecule has 1 rings (SSSR count). The molecule has 0 bridgehead atoms. The molecular weight excluding hydrogens is 252 g/mol. The lowest BCUT2D eigenvalue weighted by Crippen LogP contribution is -2.23. The summed E-state index contributed by atoms with van der Waals surface area (Å²) in [5, 5.41) is 2.77. The van der Waals surface area contributed by atoms with Gasteiger partial charge in [0.05, 0.1) is 12.3 Å². The van der Waals surface area contributed by atoms with E-state index in [-0.39, 0.29) is 11.3 Å². The Balaban J connectivity index is 2.37. The smallest absolute Gasteiger partial charge is 0.221 e. The monoisotopic (exact) mass is 278 g/mol. The molecule has 1 aromatic rings. The second kappa shape index (κ2) is 7.90. The zero-order valence-electron chi connectivity index (χ0n) is 12.7. The molecule has 3 N–H and O–H groups in total. The van der Waals surface area contributed by atoms with Crippen LogP contribution in [-0.2, 0) is 4.79 Å². The van der Waals surface area contributed by atoms with Gasteiger partial charge in [0.25, 0.3) is 0 Å². The van der Waals surface area contributed by atoms with Crippen LogP contribution in [0.25, 0.3) is 0 Å². The van der Waals surface area contributed by atoms with Gasteiger partial charge in [0.1, 0.15) is 5.75 Å². The van der Waals surface area contributed by atoms with Crippen molar-refractivity contribution in [3.05, 3.63) is 24.3 Å². The summed E-state index contributed by atoms with van der Waals surface area (Å²) >= 11 is 0. The predicted molar refractivity (Wildman–Crippen MR) is 82.9 cm³/mol. The van der Waals surface area contributed by atoms with Crippen molar-refractivity contribution in [3.8, 4) is 5.75 Å². The van der Waals surface area contributed by atoms with Gasteiger partial charge in [-0.1, -0.05) is 26.0 Å². The quantitative estimate of drug-likeness (QED) is 0.718. The molecule has 4 heteroatoms. The first-order valence-electron chi connectivity index (χ1n) is 7.14. The summed E-state index contributed by atoms with van der Waals surface area (Å²) in [7, 11) is 0. The number of para-hydroxylation sites is 2. The van der Waals surface area contributed by atoms with Gasteiger partial charge in [0.2, 0.25) is 5.91 Å². The minimum absolute atomic E-state index is 0.0919. The molecule has 112 valence electrons. The minimum atomic E-state index is -0.0919. The van der Waals surface area contributed by atoms with Gasteiger partial charge in [-0.3, -0.25) is 4.79 Å². The lowest BCUT2D eigenvalue weighted by molar-refractivity contribution is -0.114. The van der Waals surface area contributed by atoms with Gasteiger partial charge in [0.15, 0.2) is 0 Å². The maximum Gasteiger partial charge on any atom is 0.221 e. The van der Waals surface area contributed by atoms with E-state index >= 15 is 0 Å². The number of anilines is 1. The Morgan fingerprint density at radius 1 is 1.30 bits per heavy atom. The van der Waals surface area contributed by atoms with Crippen LogP contribution in [0.1, 0.15) is 40.0 Å². The summed E-state index contributed by atoms with van der Waals surface area (Å²) in [4.78, 5) is 11.1. The number of nitrogens with two attached hydrogens (primary N) is 1. The molecule has 0 aliphatic rings. The molecule has 0 heterocycles. The van der Waals surface area contributed by atoms with Crippen molar-refractivity contribution in [1.82, 2.24) is 0 Å². The third kappa shape index (κ3) is 6.06. The van der Waals surface area contributed by atoms with E-state index < -0.39 is 0 Å². The Kier molecular flexibility index (Phi) is 6.52. The van der Waals surface area contributed by atoms with Crippen molar-refractivity contribution in [2.24, 2.45) is 11.1 Å². The number of hydrogen-bond acceptors (Lipinski definition) is 3. The van der Waals surface area contributed by atoms with E-state index in [0.717, 1.165) is 30.7 Å². The van der Waals surface area contributed by atoms with E-state index in [0.29, 0.717) is 13.2 Å². The van der Waals surface area contributed by atoms with Gasteiger partial charge in [-0.05, 0) is 43.4 Å². The molecule has 20 heavy (non-hydrogen) atoms. The summed E-state index contributed by atoms with van der Waals surface area (Å²) in [6, 6.07) is 7.49. The third-order valence-electron chi connectivity index (χ3n) is 3.26. The molecule has 0 saturated heterocycles. The fourth-order valence-corrected chi connectivity index (χ4v) is 1.88. The number of rotatable bonds is 8. The fourth-order valence-electron chi connectivity index (χ4n) is 1.88. The zero-order chi connectivity index (χ0) is 15.0. The largest absolute Gasteiger partial charge is 0.491 e. The molecule has 1 amide bonds. The highest BCUT2D eigenvalue weighted by molar-refractivity contribution is 5.90. The lowest BCUT2D eigenvalue weighted by atomic mass is 9.87. The van der Waals surface area contributed by atoms with Crippen LogP contribution in [0.2, 0.25) is 0 Å². The second-order valence-electron chi connectivity index (χ2n) is 5.85. The first kappa shape index (κ1) is 16.5. The molecule has 0 saturated carbocycles. The fraction of sp³-hybridized carbons (Fsp3) is 0.562. The van der Waals surface area contributed by atoms with Crippen LogP contribution in [0.15, 0.2) is 24.3 Å². The Labute approximate surface area is 121 Å². The van der Waals surface area contributed by atoms with E-state index in [1.165, 1.54) is 6.92 Å². The standard InChI is InChI=1S/C16H26N2O2/c1-13(19)18-14-8-4-5-9-15(14)20-11-7-6-10-16(2,3)12-17/h4-5,8-9H,6-7,10-12,17H2,1-3H3,(H,18,19). The van der Waals surface area contributed by atoms with E-state index in [4.69, 9.17) is 10.5 Å². The van der Waals surface area contributed by atoms with Crippen molar-refractivity contribution in [2.75, 3.05) is 18.5 Å². The summed E-state index contributed by atoms with van der Waals surface area (Å²) < 4.78 is 5.74. The Morgan fingerprint density at radius 2 is 2.00 bits per heavy atom. The number of amides is 1. The van der Waals surface area contributed by atoms with E-state index in [2.05, 4.69) is 19.2 Å². The average molecular weight is 278 g/mol. The number of carbonyl (C=O) groups is 1. The first-order valence-corrected chi connectivity index (χ1v) is 7.14. The molecule has 0 atom stereocenters. The third-order valence-corrected chi connectivity index (χ3v) is 3.26. The highest BCUT2D eigenvalue weighted by Gasteiger charge is 2.14. The Bertz CT molecular complexity index is 430. The molecule has 0 unspecified atom stereocenters. The van der Waals surface area contributed by atoms with Crippen molar-refractivity contribution in [3.63, 3.8) is 0 Å². The maximum atomic E-state index is 11.1. The van der Waals surface area contributed by atoms with Gasteiger partial charge in [-0.25, -0.2) is 0 Å². The number of ether oxygens (including phenoxy) is 1. The van der Waals surface area contributed by atoms with Gasteiger partial charge >= 0.3 is 0 Å². The number of hydrogen-bond donors (Lipinski definition) is 2. The van der Waals surface area contributed by atoms with Crippen LogP contribution in [0.4, 0.5) is 5.69 Å². The van der Waals surface area contributed by atoms with E-state index in [9.17, 15) is 4.79 Å². The number of carbonyl (C=O) groups excluding carboxylic acids is 1. The highest BCUT2D eigenvalue weighted by Crippen LogP contribution is 2.25. The SMILES string of the molecule is CC(=O)Nc1ccccc1OCCCCC(C)(C)CN. The Morgan fingerprint density at radius 3 is 2.65 bits per heavy atom. The van der Waals surface area contributed by atoms with Crippen molar-refractivity contribution in [2.45, 2.75) is 40.0 Å². The van der Waals surface area contributed by atoms with Crippen LogP contribution in [0.5, 0.6) is 5.75 Å². The van der Waals surface area contributed by atoms with Crippen LogP contribution in [0, 0.1) is 5.41 Å². The zero-order valence-corrected chi connectivity index (χ0v) is 12.7. The van der Waals surface area contributed by atoms with Gasteiger partial charge in [-0.2, -0.15) is 0 Å². The number of unbranched alkanes of at least 4 members (excludes halogenated alkanes) is 1. The topological polar surface area (TPSA) is 64.3 Å². The van der Waals surface area contributed by atoms with E-state index in [1.54, 1.807) is 0 Å². The molecule has 4 nitrogen and oxygen atoms in total. The lowest BCUT2D eigenvalue weighted by Gasteiger charge is -2.21.